The van der Waals surface area contributed by atoms with Gasteiger partial charge in [0.05, 0.1) is 0 Å². The van der Waals surface area contributed by atoms with Crippen molar-refractivity contribution in [1.29, 1.82) is 0 Å². The second-order valence-corrected chi connectivity index (χ2v) is 3.17. The first-order valence-corrected chi connectivity index (χ1v) is 4.73. The highest BCUT2D eigenvalue weighted by Gasteiger charge is 2.08. The van der Waals surface area contributed by atoms with Gasteiger partial charge in [-0.25, -0.2) is 14.6 Å². The van der Waals surface area contributed by atoms with Gasteiger partial charge in [0.25, 0.3) is 0 Å². The van der Waals surface area contributed by atoms with E-state index in [2.05, 4.69) is 20.3 Å². The van der Waals surface area contributed by atoms with Gasteiger partial charge in [0, 0.05) is 13.2 Å². The van der Waals surface area contributed by atoms with Crippen LogP contribution in [-0.2, 0) is 6.54 Å². The van der Waals surface area contributed by atoms with E-state index < -0.39 is 0 Å². The van der Waals surface area contributed by atoms with Crippen molar-refractivity contribution in [3.63, 3.8) is 0 Å². The number of aryl methyl sites for hydroxylation is 1. The molecule has 0 saturated heterocycles. The lowest BCUT2D eigenvalue weighted by atomic mass is 10.3. The normalized spacial score (nSPS) is 11.0. The fourth-order valence-corrected chi connectivity index (χ4v) is 1.33. The molecular weight excluding hydrogens is 196 g/mol. The molecule has 0 aliphatic heterocycles. The average molecular weight is 208 g/mol. The van der Waals surface area contributed by atoms with Crippen LogP contribution in [0.4, 0.5) is 5.82 Å². The highest BCUT2D eigenvalue weighted by Crippen LogP contribution is 2.12. The first kappa shape index (κ1) is 9.78. The van der Waals surface area contributed by atoms with Crippen LogP contribution in [0.1, 0.15) is 12.8 Å². The van der Waals surface area contributed by atoms with Crippen molar-refractivity contribution in [3.05, 3.63) is 6.33 Å². The summed E-state index contributed by atoms with van der Waals surface area (Å²) in [5.74, 6) is 0.341. The molecule has 0 fully saturated rings. The molecular formula is C8H12N6O. The lowest BCUT2D eigenvalue weighted by molar-refractivity contribution is 0.280. The number of aliphatic hydroxyl groups excluding tert-OH is 1. The molecule has 2 rings (SSSR count). The Morgan fingerprint density at radius 3 is 3.00 bits per heavy atom. The summed E-state index contributed by atoms with van der Waals surface area (Å²) in [6, 6.07) is 0. The zero-order valence-corrected chi connectivity index (χ0v) is 8.17. The van der Waals surface area contributed by atoms with Crippen LogP contribution in [0, 0.1) is 0 Å². The van der Waals surface area contributed by atoms with Crippen LogP contribution in [0.15, 0.2) is 6.33 Å². The first-order valence-electron chi connectivity index (χ1n) is 4.73. The van der Waals surface area contributed by atoms with E-state index in [1.807, 2.05) is 0 Å². The van der Waals surface area contributed by atoms with Gasteiger partial charge in [-0.15, -0.1) is 5.10 Å². The Kier molecular flexibility index (Phi) is 2.72. The highest BCUT2D eigenvalue weighted by atomic mass is 16.2. The van der Waals surface area contributed by atoms with Gasteiger partial charge in [-0.2, -0.15) is 0 Å². The summed E-state index contributed by atoms with van der Waals surface area (Å²) in [5.41, 5.74) is 6.79. The number of nitrogen functional groups attached to an aromatic ring is 1. The summed E-state index contributed by atoms with van der Waals surface area (Å²) >= 11 is 0. The minimum absolute atomic E-state index is 0.184. The Hall–Kier alpha value is -1.76. The van der Waals surface area contributed by atoms with Crippen molar-refractivity contribution in [2.75, 3.05) is 12.3 Å². The number of unbranched alkanes of at least 4 members (excludes halogenated alkanes) is 1. The minimum Gasteiger partial charge on any atom is -0.396 e. The van der Waals surface area contributed by atoms with Crippen molar-refractivity contribution < 1.29 is 5.11 Å². The van der Waals surface area contributed by atoms with Crippen molar-refractivity contribution in [3.8, 4) is 0 Å². The molecule has 3 N–H and O–H groups in total. The SMILES string of the molecule is Nc1ncnc2c1nnn2CCCCO. The number of hydrogen-bond donors (Lipinski definition) is 2. The maximum Gasteiger partial charge on any atom is 0.183 e. The molecule has 2 aromatic rings. The number of aromatic nitrogens is 5. The third kappa shape index (κ3) is 1.86. The fraction of sp³-hybridized carbons (Fsp3) is 0.500. The number of hydrogen-bond acceptors (Lipinski definition) is 6. The van der Waals surface area contributed by atoms with E-state index in [0.717, 1.165) is 12.8 Å². The molecule has 0 spiro atoms. The lowest BCUT2D eigenvalue weighted by Crippen LogP contribution is -2.02. The smallest absolute Gasteiger partial charge is 0.183 e. The second-order valence-electron chi connectivity index (χ2n) is 3.17. The number of rotatable bonds is 4. The summed E-state index contributed by atoms with van der Waals surface area (Å²) in [7, 11) is 0. The average Bonchev–Trinajstić information content (AvgIpc) is 2.64. The van der Waals surface area contributed by atoms with Crippen LogP contribution in [-0.4, -0.2) is 36.7 Å². The summed E-state index contributed by atoms with van der Waals surface area (Å²) in [6.07, 6.45) is 2.96. The van der Waals surface area contributed by atoms with E-state index in [1.165, 1.54) is 6.33 Å². The van der Waals surface area contributed by atoms with Gasteiger partial charge in [0.1, 0.15) is 6.33 Å². The monoisotopic (exact) mass is 208 g/mol. The number of nitrogens with zero attached hydrogens (tertiary/aromatic N) is 5. The molecule has 0 saturated carbocycles. The maximum absolute atomic E-state index is 8.66. The summed E-state index contributed by atoms with van der Waals surface area (Å²) in [5, 5.41) is 16.5. The summed E-state index contributed by atoms with van der Waals surface area (Å²) in [4.78, 5) is 7.89. The van der Waals surface area contributed by atoms with Crippen LogP contribution < -0.4 is 5.73 Å². The quantitative estimate of drug-likeness (QED) is 0.661. The van der Waals surface area contributed by atoms with Gasteiger partial charge in [0.2, 0.25) is 0 Å². The van der Waals surface area contributed by atoms with Crippen LogP contribution in [0.2, 0.25) is 0 Å². The molecule has 0 aliphatic rings. The molecule has 15 heavy (non-hydrogen) atoms. The Balaban J connectivity index is 2.25. The zero-order valence-electron chi connectivity index (χ0n) is 8.17. The van der Waals surface area contributed by atoms with E-state index >= 15 is 0 Å². The Labute approximate surface area is 85.9 Å². The highest BCUT2D eigenvalue weighted by molar-refractivity contribution is 5.80. The Morgan fingerprint density at radius 1 is 1.33 bits per heavy atom. The molecule has 0 aliphatic carbocycles. The second kappa shape index (κ2) is 4.18. The number of fused-ring (bicyclic) bond motifs is 1. The molecule has 7 nitrogen and oxygen atoms in total. The van der Waals surface area contributed by atoms with Crippen LogP contribution in [0.25, 0.3) is 11.2 Å². The van der Waals surface area contributed by atoms with E-state index in [4.69, 9.17) is 10.8 Å². The molecule has 80 valence electrons. The van der Waals surface area contributed by atoms with Gasteiger partial charge in [-0.3, -0.25) is 0 Å². The van der Waals surface area contributed by atoms with Crippen LogP contribution in [0.3, 0.4) is 0 Å². The summed E-state index contributed by atoms with van der Waals surface area (Å²) in [6.45, 7) is 0.858. The Bertz CT molecular complexity index is 453. The lowest BCUT2D eigenvalue weighted by Gasteiger charge is -1.99. The van der Waals surface area contributed by atoms with Crippen LogP contribution in [0.5, 0.6) is 0 Å². The number of aliphatic hydroxyl groups is 1. The van der Waals surface area contributed by atoms with E-state index in [1.54, 1.807) is 4.68 Å². The fourth-order valence-electron chi connectivity index (χ4n) is 1.33. The molecule has 2 heterocycles. The van der Waals surface area contributed by atoms with E-state index in [-0.39, 0.29) is 6.61 Å². The molecule has 7 heteroatoms. The third-order valence-electron chi connectivity index (χ3n) is 2.11. The molecule has 0 radical (unpaired) electrons. The van der Waals surface area contributed by atoms with Gasteiger partial charge >= 0.3 is 0 Å². The zero-order chi connectivity index (χ0) is 10.7. The minimum atomic E-state index is 0.184. The van der Waals surface area contributed by atoms with Gasteiger partial charge in [-0.05, 0) is 12.8 Å². The molecule has 0 amide bonds. The molecule has 0 bridgehead atoms. The maximum atomic E-state index is 8.66. The van der Waals surface area contributed by atoms with Crippen LogP contribution >= 0.6 is 0 Å². The summed E-state index contributed by atoms with van der Waals surface area (Å²) < 4.78 is 1.67. The number of nitrogens with two attached hydrogens (primary N) is 1. The predicted octanol–water partition coefficient (Wildman–Crippen LogP) is -0.424. The molecule has 2 aromatic heterocycles. The Morgan fingerprint density at radius 2 is 2.20 bits per heavy atom. The first-order chi connectivity index (χ1) is 7.33. The van der Waals surface area contributed by atoms with Crippen molar-refractivity contribution in [2.24, 2.45) is 0 Å². The van der Waals surface area contributed by atoms with Gasteiger partial charge in [-0.1, -0.05) is 5.21 Å². The van der Waals surface area contributed by atoms with E-state index in [0.29, 0.717) is 23.5 Å². The van der Waals surface area contributed by atoms with E-state index in [9.17, 15) is 0 Å². The van der Waals surface area contributed by atoms with Crippen molar-refractivity contribution in [1.82, 2.24) is 25.0 Å². The van der Waals surface area contributed by atoms with Gasteiger partial charge in [0.15, 0.2) is 17.0 Å². The van der Waals surface area contributed by atoms with Crippen molar-refractivity contribution >= 4 is 17.0 Å². The molecule has 0 unspecified atom stereocenters. The largest absolute Gasteiger partial charge is 0.396 e. The van der Waals surface area contributed by atoms with Crippen molar-refractivity contribution in [2.45, 2.75) is 19.4 Å². The number of anilines is 1. The van der Waals surface area contributed by atoms with Gasteiger partial charge < -0.3 is 10.8 Å². The standard InChI is InChI=1S/C8H12N6O/c9-7-6-8(11-5-10-7)14(13-12-6)3-1-2-4-15/h5,15H,1-4H2,(H2,9,10,11). The predicted molar refractivity (Wildman–Crippen MR) is 53.9 cm³/mol. The topological polar surface area (TPSA) is 103 Å². The molecule has 0 atom stereocenters. The molecule has 0 aromatic carbocycles. The third-order valence-corrected chi connectivity index (χ3v) is 2.11.